The van der Waals surface area contributed by atoms with Gasteiger partial charge in [0.25, 0.3) is 0 Å². The van der Waals surface area contributed by atoms with Gasteiger partial charge in [-0.25, -0.2) is 4.98 Å². The zero-order valence-electron chi connectivity index (χ0n) is 19.3. The summed E-state index contributed by atoms with van der Waals surface area (Å²) in [6, 6.07) is 49.0. The predicted molar refractivity (Wildman–Crippen MR) is 152 cm³/mol. The molecule has 0 amide bonds. The second-order valence-electron chi connectivity index (χ2n) is 8.62. The van der Waals surface area contributed by atoms with Gasteiger partial charge in [0.1, 0.15) is 5.82 Å². The van der Waals surface area contributed by atoms with Crippen LogP contribution >= 0.6 is 6.89 Å². The van der Waals surface area contributed by atoms with E-state index in [0.717, 1.165) is 28.1 Å². The van der Waals surface area contributed by atoms with Gasteiger partial charge in [-0.2, -0.15) is 0 Å². The third-order valence-electron chi connectivity index (χ3n) is 6.54. The van der Waals surface area contributed by atoms with E-state index in [4.69, 9.17) is 11.3 Å². The molecule has 3 heteroatoms. The Kier molecular flexibility index (Phi) is 5.45. The van der Waals surface area contributed by atoms with Crippen molar-refractivity contribution in [2.75, 3.05) is 0 Å². The van der Waals surface area contributed by atoms with E-state index in [9.17, 15) is 0 Å². The first-order valence-corrected chi connectivity index (χ1v) is 13.7. The Balaban J connectivity index is 1.51. The Hall–Kier alpha value is -4.13. The highest BCUT2D eigenvalue weighted by Gasteiger charge is 2.22. The maximum atomic E-state index is 5.02. The summed E-state index contributed by atoms with van der Waals surface area (Å²) in [5, 5.41) is 3.80. The highest BCUT2D eigenvalue weighted by molar-refractivity contribution is 7.93. The Morgan fingerprint density at radius 2 is 1.00 bits per heavy atom. The van der Waals surface area contributed by atoms with Crippen molar-refractivity contribution in [3.8, 4) is 17.1 Å². The van der Waals surface area contributed by atoms with Crippen LogP contribution < -0.4 is 15.9 Å². The molecule has 0 bridgehead atoms. The second kappa shape index (κ2) is 8.91. The topological polar surface area (TPSA) is 17.8 Å². The van der Waals surface area contributed by atoms with Crippen molar-refractivity contribution >= 4 is 40.1 Å². The Morgan fingerprint density at radius 3 is 1.60 bits per heavy atom. The van der Waals surface area contributed by atoms with Crippen molar-refractivity contribution in [2.24, 2.45) is 0 Å². The van der Waals surface area contributed by atoms with Crippen LogP contribution in [0.25, 0.3) is 28.1 Å². The number of fused-ring (bicyclic) bond motifs is 1. The fraction of sp³-hybridized carbons (Fsp3) is 0. The van der Waals surface area contributed by atoms with Gasteiger partial charge in [0, 0.05) is 11.3 Å². The molecule has 1 aromatic heterocycles. The maximum Gasteiger partial charge on any atom is 0.145 e. The summed E-state index contributed by atoms with van der Waals surface area (Å²) in [4.78, 5) is 5.02. The summed E-state index contributed by atoms with van der Waals surface area (Å²) in [7, 11) is 0. The van der Waals surface area contributed by atoms with Crippen LogP contribution in [0.2, 0.25) is 0 Å². The van der Waals surface area contributed by atoms with Gasteiger partial charge >= 0.3 is 0 Å². The first-order chi connectivity index (χ1) is 17.2. The van der Waals surface area contributed by atoms with Gasteiger partial charge in [-0.15, -0.1) is 0 Å². The molecule has 0 unspecified atom stereocenters. The number of hydrogen-bond acceptors (Lipinski definition) is 1. The average Bonchev–Trinajstić information content (AvgIpc) is 3.34. The van der Waals surface area contributed by atoms with E-state index in [1.165, 1.54) is 15.9 Å². The zero-order valence-corrected chi connectivity index (χ0v) is 20.2. The first kappa shape index (κ1) is 21.4. The molecule has 0 aliphatic heterocycles. The summed E-state index contributed by atoms with van der Waals surface area (Å²) in [5.74, 6) is 0.941. The van der Waals surface area contributed by atoms with Gasteiger partial charge in [-0.05, 0) is 47.1 Å². The molecule has 1 heterocycles. The molecule has 0 saturated carbocycles. The van der Waals surface area contributed by atoms with Gasteiger partial charge in [-0.3, -0.25) is 4.57 Å². The van der Waals surface area contributed by atoms with Crippen LogP contribution in [0, 0.1) is 0 Å². The first-order valence-electron chi connectivity index (χ1n) is 11.7. The third-order valence-corrected chi connectivity index (χ3v) is 10.1. The Morgan fingerprint density at radius 1 is 0.514 bits per heavy atom. The number of imidazole rings is 1. The molecule has 6 aromatic rings. The van der Waals surface area contributed by atoms with Gasteiger partial charge in [0.05, 0.1) is 11.0 Å². The van der Waals surface area contributed by atoms with Crippen LogP contribution in [0.15, 0.2) is 140 Å². The van der Waals surface area contributed by atoms with Crippen molar-refractivity contribution in [2.45, 2.75) is 0 Å². The van der Waals surface area contributed by atoms with E-state index in [2.05, 4.69) is 132 Å². The molecular weight excluding hydrogens is 443 g/mol. The van der Waals surface area contributed by atoms with E-state index >= 15 is 0 Å². The molecule has 2 nitrogen and oxygen atoms in total. The number of aromatic nitrogens is 2. The SMILES string of the molecule is C=P(c1ccccc1)(c1ccccc1)c1ccc(-c2nc3ccccc3n2-c2ccccc2)cc1. The molecular formula is C32H25N2P. The predicted octanol–water partition coefficient (Wildman–Crippen LogP) is 6.42. The number of hydrogen-bond donors (Lipinski definition) is 0. The number of para-hydroxylation sites is 3. The largest absolute Gasteiger partial charge is 0.292 e. The molecule has 0 N–H and O–H groups in total. The maximum absolute atomic E-state index is 5.02. The normalized spacial score (nSPS) is 11.5. The Labute approximate surface area is 206 Å². The molecule has 6 rings (SSSR count). The van der Waals surface area contributed by atoms with Crippen LogP contribution in [0.5, 0.6) is 0 Å². The number of benzene rings is 5. The molecule has 0 aliphatic carbocycles. The second-order valence-corrected chi connectivity index (χ2v) is 11.8. The van der Waals surface area contributed by atoms with E-state index in [1.54, 1.807) is 0 Å². The lowest BCUT2D eigenvalue weighted by atomic mass is 10.2. The van der Waals surface area contributed by atoms with Crippen LogP contribution in [0.3, 0.4) is 0 Å². The zero-order chi connectivity index (χ0) is 23.7. The number of rotatable bonds is 5. The molecule has 168 valence electrons. The molecule has 0 radical (unpaired) electrons. The summed E-state index contributed by atoms with van der Waals surface area (Å²) in [6.45, 7) is -2.01. The van der Waals surface area contributed by atoms with Crippen LogP contribution in [-0.4, -0.2) is 15.9 Å². The van der Waals surface area contributed by atoms with Crippen molar-refractivity contribution < 1.29 is 0 Å². The lowest BCUT2D eigenvalue weighted by Gasteiger charge is -2.26. The minimum Gasteiger partial charge on any atom is -0.292 e. The molecule has 0 fully saturated rings. The third kappa shape index (κ3) is 3.73. The van der Waals surface area contributed by atoms with Crippen LogP contribution in [0.1, 0.15) is 0 Å². The van der Waals surface area contributed by atoms with E-state index in [-0.39, 0.29) is 0 Å². The van der Waals surface area contributed by atoms with Gasteiger partial charge in [0.2, 0.25) is 0 Å². The van der Waals surface area contributed by atoms with Crippen molar-refractivity contribution in [3.05, 3.63) is 140 Å². The highest BCUT2D eigenvalue weighted by Crippen LogP contribution is 2.42. The van der Waals surface area contributed by atoms with Crippen LogP contribution in [-0.2, 0) is 0 Å². The minimum absolute atomic E-state index is 0.941. The number of nitrogens with zero attached hydrogens (tertiary/aromatic N) is 2. The minimum atomic E-state index is -2.01. The lowest BCUT2D eigenvalue weighted by molar-refractivity contribution is 1.10. The standard InChI is InChI=1S/C32H25N2P/c1-35(27-15-7-3-8-16-27,28-17-9-4-10-18-28)29-23-21-25(22-24-29)32-33-30-19-11-12-20-31(30)34(32)26-13-5-2-6-14-26/h2-24H,1H2. The smallest absolute Gasteiger partial charge is 0.145 e. The van der Waals surface area contributed by atoms with Crippen molar-refractivity contribution in [1.82, 2.24) is 9.55 Å². The lowest BCUT2D eigenvalue weighted by Crippen LogP contribution is -2.25. The van der Waals surface area contributed by atoms with E-state index in [0.29, 0.717) is 0 Å². The summed E-state index contributed by atoms with van der Waals surface area (Å²) in [6.07, 6.45) is 4.87. The quantitative estimate of drug-likeness (QED) is 0.267. The van der Waals surface area contributed by atoms with Crippen molar-refractivity contribution in [1.29, 1.82) is 0 Å². The highest BCUT2D eigenvalue weighted by atomic mass is 31.2. The summed E-state index contributed by atoms with van der Waals surface area (Å²) >= 11 is 0. The van der Waals surface area contributed by atoms with Gasteiger partial charge in [-0.1, -0.05) is 122 Å². The van der Waals surface area contributed by atoms with E-state index < -0.39 is 6.89 Å². The molecule has 5 aromatic carbocycles. The summed E-state index contributed by atoms with van der Waals surface area (Å²) in [5.41, 5.74) is 4.28. The van der Waals surface area contributed by atoms with E-state index in [1.807, 2.05) is 12.1 Å². The summed E-state index contributed by atoms with van der Waals surface area (Å²) < 4.78 is 2.24. The molecule has 0 aliphatic rings. The van der Waals surface area contributed by atoms with Crippen LogP contribution in [0.4, 0.5) is 0 Å². The molecule has 0 saturated heterocycles. The fourth-order valence-corrected chi connectivity index (χ4v) is 7.65. The van der Waals surface area contributed by atoms with Gasteiger partial charge in [0.15, 0.2) is 0 Å². The van der Waals surface area contributed by atoms with Gasteiger partial charge < -0.3 is 0 Å². The Bertz CT molecular complexity index is 1590. The average molecular weight is 469 g/mol. The molecule has 0 spiro atoms. The monoisotopic (exact) mass is 468 g/mol. The fourth-order valence-electron chi connectivity index (χ4n) is 4.74. The molecule has 0 atom stereocenters. The van der Waals surface area contributed by atoms with Crippen molar-refractivity contribution in [3.63, 3.8) is 0 Å². The molecule has 35 heavy (non-hydrogen) atoms.